The van der Waals surface area contributed by atoms with E-state index in [0.29, 0.717) is 0 Å². The first kappa shape index (κ1) is 19.3. The average Bonchev–Trinajstić information content (AvgIpc) is 3.43. The van der Waals surface area contributed by atoms with Crippen molar-refractivity contribution in [3.8, 4) is 28.3 Å². The molecule has 0 N–H and O–H groups in total. The largest absolute Gasteiger partial charge is 0.305 e. The minimum absolute atomic E-state index is 0.732. The molecule has 5 aromatic rings. The molecule has 7 heteroatoms. The van der Waals surface area contributed by atoms with E-state index in [9.17, 15) is 0 Å². The van der Waals surface area contributed by atoms with E-state index in [-0.39, 0.29) is 0 Å². The number of nitrogens with zero attached hydrogens (tertiary/aromatic N) is 6. The van der Waals surface area contributed by atoms with Crippen LogP contribution in [0.4, 0.5) is 0 Å². The molecule has 0 amide bonds. The first-order valence-electron chi connectivity index (χ1n) is 9.91. The number of hydrogen-bond acceptors (Lipinski definition) is 5. The highest BCUT2D eigenvalue weighted by Gasteiger charge is 2.16. The summed E-state index contributed by atoms with van der Waals surface area (Å²) < 4.78 is 3.95. The number of hydrogen-bond donors (Lipinski definition) is 0. The summed E-state index contributed by atoms with van der Waals surface area (Å²) in [5.41, 5.74) is 5.21. The van der Waals surface area contributed by atoms with E-state index >= 15 is 0 Å². The quantitative estimate of drug-likeness (QED) is 0.358. The van der Waals surface area contributed by atoms with Crippen molar-refractivity contribution in [3.63, 3.8) is 0 Å². The minimum atomic E-state index is 0.732. The second kappa shape index (κ2) is 8.57. The summed E-state index contributed by atoms with van der Waals surface area (Å²) in [5, 5.41) is 14.5. The predicted molar refractivity (Wildman–Crippen MR) is 123 cm³/mol. The van der Waals surface area contributed by atoms with E-state index in [1.54, 1.807) is 24.2 Å². The second-order valence-corrected chi connectivity index (χ2v) is 7.99. The average molecular weight is 425 g/mol. The van der Waals surface area contributed by atoms with E-state index < -0.39 is 0 Å². The van der Waals surface area contributed by atoms with Gasteiger partial charge in [0.25, 0.3) is 0 Å². The van der Waals surface area contributed by atoms with Crippen LogP contribution in [0.15, 0.2) is 96.5 Å². The molecule has 31 heavy (non-hydrogen) atoms. The van der Waals surface area contributed by atoms with Gasteiger partial charge in [0.05, 0.1) is 11.4 Å². The summed E-state index contributed by atoms with van der Waals surface area (Å²) in [5.74, 6) is 1.54. The standard InChI is InChI=1S/C24H20N6S/c1-29-23(19-11-8-14-25-15-19)26-27-24(29)31-17-20-16-30(21-12-6-3-7-13-21)28-22(20)18-9-4-2-5-10-18/h2-16H,17H2,1H3. The molecule has 6 nitrogen and oxygen atoms in total. The highest BCUT2D eigenvalue weighted by molar-refractivity contribution is 7.98. The van der Waals surface area contributed by atoms with Gasteiger partial charge < -0.3 is 4.57 Å². The van der Waals surface area contributed by atoms with Crippen molar-refractivity contribution < 1.29 is 0 Å². The molecule has 0 unspecified atom stereocenters. The van der Waals surface area contributed by atoms with Crippen LogP contribution in [-0.2, 0) is 12.8 Å². The maximum absolute atomic E-state index is 4.89. The molecule has 5 rings (SSSR count). The minimum Gasteiger partial charge on any atom is -0.305 e. The number of aromatic nitrogens is 6. The number of para-hydroxylation sites is 1. The van der Waals surface area contributed by atoms with Crippen LogP contribution in [0.3, 0.4) is 0 Å². The Morgan fingerprint density at radius 3 is 2.32 bits per heavy atom. The van der Waals surface area contributed by atoms with Crippen LogP contribution in [0.1, 0.15) is 5.56 Å². The summed E-state index contributed by atoms with van der Waals surface area (Å²) in [6.45, 7) is 0. The lowest BCUT2D eigenvalue weighted by Crippen LogP contribution is -1.95. The molecule has 152 valence electrons. The third-order valence-corrected chi connectivity index (χ3v) is 6.04. The Hall–Kier alpha value is -3.71. The summed E-state index contributed by atoms with van der Waals surface area (Å²) in [7, 11) is 1.98. The lowest BCUT2D eigenvalue weighted by molar-refractivity contribution is 0.793. The zero-order valence-corrected chi connectivity index (χ0v) is 17.8. The van der Waals surface area contributed by atoms with Gasteiger partial charge in [-0.25, -0.2) is 4.68 Å². The molecule has 0 atom stereocenters. The molecule has 0 aliphatic rings. The summed E-state index contributed by atoms with van der Waals surface area (Å²) >= 11 is 1.65. The summed E-state index contributed by atoms with van der Waals surface area (Å²) in [6.07, 6.45) is 5.66. The lowest BCUT2D eigenvalue weighted by Gasteiger charge is -2.04. The maximum Gasteiger partial charge on any atom is 0.191 e. The zero-order chi connectivity index (χ0) is 21.0. The van der Waals surface area contributed by atoms with Crippen LogP contribution in [0.25, 0.3) is 28.3 Å². The van der Waals surface area contributed by atoms with E-state index in [2.05, 4.69) is 45.6 Å². The zero-order valence-electron chi connectivity index (χ0n) is 17.0. The van der Waals surface area contributed by atoms with Crippen LogP contribution >= 0.6 is 11.8 Å². The van der Waals surface area contributed by atoms with Gasteiger partial charge in [-0.2, -0.15) is 5.10 Å². The molecular formula is C24H20N6S. The van der Waals surface area contributed by atoms with Gasteiger partial charge in [0.2, 0.25) is 0 Å². The topological polar surface area (TPSA) is 61.4 Å². The Morgan fingerprint density at radius 1 is 0.839 bits per heavy atom. The second-order valence-electron chi connectivity index (χ2n) is 7.04. The van der Waals surface area contributed by atoms with E-state index in [0.717, 1.165) is 44.8 Å². The van der Waals surface area contributed by atoms with Crippen LogP contribution < -0.4 is 0 Å². The molecule has 0 saturated heterocycles. The van der Waals surface area contributed by atoms with E-state index in [1.165, 1.54) is 0 Å². The monoisotopic (exact) mass is 424 g/mol. The van der Waals surface area contributed by atoms with Crippen molar-refractivity contribution in [2.24, 2.45) is 7.05 Å². The lowest BCUT2D eigenvalue weighted by atomic mass is 10.1. The van der Waals surface area contributed by atoms with E-state index in [1.807, 2.05) is 64.8 Å². The van der Waals surface area contributed by atoms with Crippen molar-refractivity contribution in [2.75, 3.05) is 0 Å². The van der Waals surface area contributed by atoms with Crippen molar-refractivity contribution in [3.05, 3.63) is 97.0 Å². The van der Waals surface area contributed by atoms with Gasteiger partial charge in [0.15, 0.2) is 11.0 Å². The molecule has 0 aliphatic carbocycles. The molecule has 0 saturated carbocycles. The van der Waals surface area contributed by atoms with Crippen LogP contribution in [0.5, 0.6) is 0 Å². The Balaban J connectivity index is 1.45. The number of thioether (sulfide) groups is 1. The van der Waals surface area contributed by atoms with Gasteiger partial charge in [-0.1, -0.05) is 60.3 Å². The van der Waals surface area contributed by atoms with Crippen LogP contribution in [0.2, 0.25) is 0 Å². The Labute approximate surface area is 184 Å². The smallest absolute Gasteiger partial charge is 0.191 e. The first-order valence-corrected chi connectivity index (χ1v) is 10.9. The molecule has 0 aliphatic heterocycles. The molecule has 0 bridgehead atoms. The van der Waals surface area contributed by atoms with E-state index in [4.69, 9.17) is 5.10 Å². The molecule has 0 spiro atoms. The van der Waals surface area contributed by atoms with Gasteiger partial charge in [0, 0.05) is 48.1 Å². The third-order valence-electron chi connectivity index (χ3n) is 4.97. The Kier molecular flexibility index (Phi) is 5.33. The molecule has 3 aromatic heterocycles. The molecule has 2 aromatic carbocycles. The highest BCUT2D eigenvalue weighted by atomic mass is 32.2. The fourth-order valence-electron chi connectivity index (χ4n) is 3.40. The molecule has 3 heterocycles. The van der Waals surface area contributed by atoms with Gasteiger partial charge in [-0.3, -0.25) is 4.98 Å². The third kappa shape index (κ3) is 4.00. The van der Waals surface area contributed by atoms with Crippen LogP contribution in [-0.4, -0.2) is 29.5 Å². The molecular weight excluding hydrogens is 404 g/mol. The predicted octanol–water partition coefficient (Wildman–Crippen LogP) is 5.02. The maximum atomic E-state index is 4.89. The van der Waals surface area contributed by atoms with Gasteiger partial charge in [-0.15, -0.1) is 10.2 Å². The number of benzene rings is 2. The summed E-state index contributed by atoms with van der Waals surface area (Å²) in [6, 6.07) is 24.3. The normalized spacial score (nSPS) is 11.0. The summed E-state index contributed by atoms with van der Waals surface area (Å²) in [4.78, 5) is 4.18. The fraction of sp³-hybridized carbons (Fsp3) is 0.0833. The van der Waals surface area contributed by atoms with Gasteiger partial charge >= 0.3 is 0 Å². The first-order chi connectivity index (χ1) is 15.3. The van der Waals surface area contributed by atoms with Crippen molar-refractivity contribution >= 4 is 11.8 Å². The fourth-order valence-corrected chi connectivity index (χ4v) is 4.27. The van der Waals surface area contributed by atoms with Crippen LogP contribution in [0, 0.1) is 0 Å². The SMILES string of the molecule is Cn1c(SCc2cn(-c3ccccc3)nc2-c2ccccc2)nnc1-c1cccnc1. The van der Waals surface area contributed by atoms with Crippen molar-refractivity contribution in [1.29, 1.82) is 0 Å². The van der Waals surface area contributed by atoms with Gasteiger partial charge in [0.1, 0.15) is 0 Å². The Morgan fingerprint density at radius 2 is 1.58 bits per heavy atom. The van der Waals surface area contributed by atoms with Gasteiger partial charge in [-0.05, 0) is 24.3 Å². The van der Waals surface area contributed by atoms with Crippen molar-refractivity contribution in [2.45, 2.75) is 10.9 Å². The molecule has 0 radical (unpaired) electrons. The highest BCUT2D eigenvalue weighted by Crippen LogP contribution is 2.30. The molecule has 0 fully saturated rings. The Bertz CT molecular complexity index is 1280. The number of pyridine rings is 1. The van der Waals surface area contributed by atoms with Crippen molar-refractivity contribution in [1.82, 2.24) is 29.5 Å². The number of rotatable bonds is 6.